The Hall–Kier alpha value is -2.83. The van der Waals surface area contributed by atoms with Crippen molar-refractivity contribution in [3.05, 3.63) is 42.0 Å². The third kappa shape index (κ3) is 4.66. The van der Waals surface area contributed by atoms with Gasteiger partial charge in [-0.15, -0.1) is 10.2 Å². The average Bonchev–Trinajstić information content (AvgIpc) is 2.80. The quantitative estimate of drug-likeness (QED) is 0.757. The first-order valence-electron chi connectivity index (χ1n) is 10.9. The van der Waals surface area contributed by atoms with Gasteiger partial charge >= 0.3 is 0 Å². The van der Waals surface area contributed by atoms with Crippen LogP contribution in [0.2, 0.25) is 0 Å². The number of piperazine rings is 1. The van der Waals surface area contributed by atoms with Gasteiger partial charge in [0.1, 0.15) is 5.75 Å². The number of rotatable bonds is 5. The molecule has 0 radical (unpaired) electrons. The van der Waals surface area contributed by atoms with Gasteiger partial charge in [0.15, 0.2) is 11.6 Å². The third-order valence-electron chi connectivity index (χ3n) is 6.23. The lowest BCUT2D eigenvalue weighted by Gasteiger charge is -2.35. The van der Waals surface area contributed by atoms with Crippen molar-refractivity contribution in [1.82, 2.24) is 15.1 Å². The molecule has 0 atom stereocenters. The molecule has 7 nitrogen and oxygen atoms in total. The minimum Gasteiger partial charge on any atom is -0.496 e. The van der Waals surface area contributed by atoms with E-state index in [4.69, 9.17) is 4.74 Å². The maximum Gasteiger partial charge on any atom is 0.227 e. The number of amides is 1. The number of methoxy groups -OCH3 is 1. The number of nitrogens with zero attached hydrogens (tertiary/aromatic N) is 5. The summed E-state index contributed by atoms with van der Waals surface area (Å²) in [5.41, 5.74) is 0.931. The summed E-state index contributed by atoms with van der Waals surface area (Å²) >= 11 is 0. The lowest BCUT2D eigenvalue weighted by molar-refractivity contribution is -0.130. The molecule has 0 saturated carbocycles. The fourth-order valence-electron chi connectivity index (χ4n) is 4.20. The van der Waals surface area contributed by atoms with Gasteiger partial charge in [-0.2, -0.15) is 0 Å². The fraction of sp³-hybridized carbons (Fsp3) is 0.522. The number of hydrogen-bond acceptors (Lipinski definition) is 6. The molecule has 1 aromatic heterocycles. The smallest absolute Gasteiger partial charge is 0.227 e. The van der Waals surface area contributed by atoms with Crippen LogP contribution in [0.4, 0.5) is 11.6 Å². The zero-order valence-electron chi connectivity index (χ0n) is 18.0. The van der Waals surface area contributed by atoms with Crippen molar-refractivity contribution in [3.63, 3.8) is 0 Å². The van der Waals surface area contributed by atoms with Crippen molar-refractivity contribution in [3.8, 4) is 5.75 Å². The zero-order chi connectivity index (χ0) is 20.9. The molecule has 0 aliphatic carbocycles. The lowest BCUT2D eigenvalue weighted by atomic mass is 9.99. The van der Waals surface area contributed by atoms with Gasteiger partial charge in [-0.05, 0) is 37.0 Å². The monoisotopic (exact) mass is 409 g/mol. The van der Waals surface area contributed by atoms with E-state index in [1.54, 1.807) is 7.11 Å². The summed E-state index contributed by atoms with van der Waals surface area (Å²) in [6.45, 7) is 7.36. The summed E-state index contributed by atoms with van der Waals surface area (Å²) in [6.07, 6.45) is 2.80. The molecule has 7 heteroatoms. The van der Waals surface area contributed by atoms with Crippen LogP contribution >= 0.6 is 0 Å². The predicted molar refractivity (Wildman–Crippen MR) is 118 cm³/mol. The van der Waals surface area contributed by atoms with Crippen LogP contribution in [0.25, 0.3) is 0 Å². The van der Waals surface area contributed by atoms with Gasteiger partial charge < -0.3 is 19.4 Å². The van der Waals surface area contributed by atoms with E-state index in [-0.39, 0.29) is 5.91 Å². The number of piperidine rings is 1. The lowest BCUT2D eigenvalue weighted by Crippen LogP contribution is -2.49. The Labute approximate surface area is 178 Å². The molecule has 160 valence electrons. The summed E-state index contributed by atoms with van der Waals surface area (Å²) in [6, 6.07) is 11.9. The van der Waals surface area contributed by atoms with Crippen molar-refractivity contribution >= 4 is 17.5 Å². The van der Waals surface area contributed by atoms with E-state index in [1.807, 2.05) is 29.2 Å². The summed E-state index contributed by atoms with van der Waals surface area (Å²) < 4.78 is 5.37. The van der Waals surface area contributed by atoms with Gasteiger partial charge in [0.05, 0.1) is 13.5 Å². The Morgan fingerprint density at radius 3 is 2.13 bits per heavy atom. The first-order valence-corrected chi connectivity index (χ1v) is 10.9. The number of ether oxygens (including phenoxy) is 1. The molecule has 0 N–H and O–H groups in total. The minimum atomic E-state index is 0.139. The Balaban J connectivity index is 1.30. The van der Waals surface area contributed by atoms with Crippen LogP contribution in [-0.2, 0) is 11.2 Å². The fourth-order valence-corrected chi connectivity index (χ4v) is 4.20. The van der Waals surface area contributed by atoms with E-state index >= 15 is 0 Å². The van der Waals surface area contributed by atoms with Crippen LogP contribution in [0.5, 0.6) is 5.75 Å². The molecule has 4 rings (SSSR count). The highest BCUT2D eigenvalue weighted by Crippen LogP contribution is 2.23. The first-order chi connectivity index (χ1) is 14.6. The zero-order valence-corrected chi connectivity index (χ0v) is 18.0. The molecule has 1 aromatic carbocycles. The molecule has 2 saturated heterocycles. The van der Waals surface area contributed by atoms with E-state index in [2.05, 4.69) is 39.1 Å². The normalized spacial score (nSPS) is 17.9. The van der Waals surface area contributed by atoms with Gasteiger partial charge in [0, 0.05) is 44.8 Å². The number of carbonyl (C=O) groups is 1. The summed E-state index contributed by atoms with van der Waals surface area (Å²) in [7, 11) is 1.64. The molecule has 1 amide bonds. The van der Waals surface area contributed by atoms with Crippen LogP contribution in [0, 0.1) is 5.92 Å². The van der Waals surface area contributed by atoms with Crippen LogP contribution in [0.3, 0.4) is 0 Å². The molecule has 0 bridgehead atoms. The van der Waals surface area contributed by atoms with Crippen molar-refractivity contribution in [2.45, 2.75) is 26.2 Å². The average molecular weight is 410 g/mol. The standard InChI is InChI=1S/C23H31N5O2/c1-18-9-11-26(12-10-18)21-7-8-22(25-24-21)27-13-15-28(16-14-27)23(29)17-19-5-3-4-6-20(19)30-2/h3-8,18H,9-17H2,1-2H3. The third-order valence-corrected chi connectivity index (χ3v) is 6.23. The topological polar surface area (TPSA) is 61.8 Å². The Kier molecular flexibility index (Phi) is 6.35. The van der Waals surface area contributed by atoms with Gasteiger partial charge in [-0.1, -0.05) is 25.1 Å². The highest BCUT2D eigenvalue weighted by Gasteiger charge is 2.23. The van der Waals surface area contributed by atoms with Gasteiger partial charge in [-0.25, -0.2) is 0 Å². The molecule has 0 unspecified atom stereocenters. The summed E-state index contributed by atoms with van der Waals surface area (Å²) in [5, 5.41) is 8.94. The number of benzene rings is 1. The largest absolute Gasteiger partial charge is 0.496 e. The SMILES string of the molecule is COc1ccccc1CC(=O)N1CCN(c2ccc(N3CCC(C)CC3)nn2)CC1. The molecular formula is C23H31N5O2. The van der Waals surface area contributed by atoms with Crippen LogP contribution < -0.4 is 14.5 Å². The van der Waals surface area contributed by atoms with Crippen LogP contribution in [-0.4, -0.2) is 67.4 Å². The molecule has 2 aromatic rings. The van der Waals surface area contributed by atoms with Gasteiger partial charge in [-0.3, -0.25) is 4.79 Å². The number of aromatic nitrogens is 2. The summed E-state index contributed by atoms with van der Waals surface area (Å²) in [5.74, 6) is 3.57. The number of hydrogen-bond donors (Lipinski definition) is 0. The van der Waals surface area contributed by atoms with Crippen molar-refractivity contribution in [1.29, 1.82) is 0 Å². The second-order valence-corrected chi connectivity index (χ2v) is 8.28. The molecule has 2 aliphatic rings. The van der Waals surface area contributed by atoms with E-state index in [1.165, 1.54) is 12.8 Å². The molecule has 2 fully saturated rings. The molecule has 2 aliphatic heterocycles. The number of anilines is 2. The number of para-hydroxylation sites is 1. The maximum absolute atomic E-state index is 12.7. The second-order valence-electron chi connectivity index (χ2n) is 8.28. The number of carbonyl (C=O) groups excluding carboxylic acids is 1. The highest BCUT2D eigenvalue weighted by molar-refractivity contribution is 5.79. The Morgan fingerprint density at radius 2 is 1.53 bits per heavy atom. The van der Waals surface area contributed by atoms with Crippen molar-refractivity contribution in [2.75, 3.05) is 56.2 Å². The van der Waals surface area contributed by atoms with E-state index in [0.717, 1.165) is 55.0 Å². The Bertz CT molecular complexity index is 841. The van der Waals surface area contributed by atoms with Crippen molar-refractivity contribution < 1.29 is 9.53 Å². The maximum atomic E-state index is 12.7. The van der Waals surface area contributed by atoms with E-state index < -0.39 is 0 Å². The Morgan fingerprint density at radius 1 is 0.933 bits per heavy atom. The van der Waals surface area contributed by atoms with Gasteiger partial charge in [0.25, 0.3) is 0 Å². The molecule has 30 heavy (non-hydrogen) atoms. The van der Waals surface area contributed by atoms with Crippen LogP contribution in [0.15, 0.2) is 36.4 Å². The predicted octanol–water partition coefficient (Wildman–Crippen LogP) is 2.61. The summed E-state index contributed by atoms with van der Waals surface area (Å²) in [4.78, 5) is 19.2. The second kappa shape index (κ2) is 9.32. The highest BCUT2D eigenvalue weighted by atomic mass is 16.5. The van der Waals surface area contributed by atoms with Gasteiger partial charge in [0.2, 0.25) is 5.91 Å². The van der Waals surface area contributed by atoms with Crippen molar-refractivity contribution in [2.24, 2.45) is 5.92 Å². The molecular weight excluding hydrogens is 378 g/mol. The van der Waals surface area contributed by atoms with Crippen LogP contribution in [0.1, 0.15) is 25.3 Å². The van der Waals surface area contributed by atoms with E-state index in [9.17, 15) is 4.79 Å². The van der Waals surface area contributed by atoms with E-state index in [0.29, 0.717) is 19.5 Å². The molecule has 0 spiro atoms. The minimum absolute atomic E-state index is 0.139. The first kappa shape index (κ1) is 20.4. The molecule has 3 heterocycles.